The van der Waals surface area contributed by atoms with Crippen molar-refractivity contribution in [2.24, 2.45) is 5.73 Å². The van der Waals surface area contributed by atoms with Crippen LogP contribution in [0.1, 0.15) is 33.1 Å². The minimum absolute atomic E-state index is 0.204. The molecule has 3 nitrogen and oxygen atoms in total. The van der Waals surface area contributed by atoms with Crippen LogP contribution in [0.3, 0.4) is 0 Å². The Morgan fingerprint density at radius 3 is 2.77 bits per heavy atom. The maximum atomic E-state index is 10.8. The number of nitrogens with two attached hydrogens (primary N) is 1. The standard InChI is InChI=1S/C10H17NO2/c1-3-5-6-9(11)7-8-10(12)13-4-2/h9H,3-6,11H2,1-2H3. The quantitative estimate of drug-likeness (QED) is 0.403. The van der Waals surface area contributed by atoms with E-state index in [0.29, 0.717) is 6.61 Å². The highest BCUT2D eigenvalue weighted by atomic mass is 16.5. The van der Waals surface area contributed by atoms with Gasteiger partial charge in [-0.05, 0) is 13.3 Å². The largest absolute Gasteiger partial charge is 0.456 e. The van der Waals surface area contributed by atoms with Crippen molar-refractivity contribution in [3.8, 4) is 11.8 Å². The highest BCUT2D eigenvalue weighted by Crippen LogP contribution is 1.96. The third-order valence-corrected chi connectivity index (χ3v) is 1.50. The number of ether oxygens (including phenoxy) is 1. The van der Waals surface area contributed by atoms with Gasteiger partial charge in [-0.3, -0.25) is 0 Å². The summed E-state index contributed by atoms with van der Waals surface area (Å²) in [5.74, 6) is 4.52. The zero-order valence-electron chi connectivity index (χ0n) is 8.30. The Morgan fingerprint density at radius 1 is 1.54 bits per heavy atom. The van der Waals surface area contributed by atoms with Gasteiger partial charge >= 0.3 is 5.97 Å². The lowest BCUT2D eigenvalue weighted by molar-refractivity contribution is -0.136. The molecule has 2 N–H and O–H groups in total. The monoisotopic (exact) mass is 183 g/mol. The molecule has 0 fully saturated rings. The Labute approximate surface area is 79.6 Å². The highest BCUT2D eigenvalue weighted by Gasteiger charge is 1.97. The van der Waals surface area contributed by atoms with Crippen molar-refractivity contribution < 1.29 is 9.53 Å². The first-order valence-electron chi connectivity index (χ1n) is 4.64. The molecular formula is C10H17NO2. The van der Waals surface area contributed by atoms with Gasteiger partial charge in [-0.25, -0.2) is 4.79 Å². The molecule has 0 amide bonds. The summed E-state index contributed by atoms with van der Waals surface area (Å²) in [6, 6.07) is -0.204. The summed E-state index contributed by atoms with van der Waals surface area (Å²) in [6.07, 6.45) is 2.97. The summed E-state index contributed by atoms with van der Waals surface area (Å²) < 4.78 is 4.63. The van der Waals surface area contributed by atoms with Gasteiger partial charge in [0.2, 0.25) is 0 Å². The van der Waals surface area contributed by atoms with Crippen LogP contribution >= 0.6 is 0 Å². The topological polar surface area (TPSA) is 52.3 Å². The van der Waals surface area contributed by atoms with Crippen molar-refractivity contribution in [3.63, 3.8) is 0 Å². The summed E-state index contributed by atoms with van der Waals surface area (Å²) in [7, 11) is 0. The fourth-order valence-electron chi connectivity index (χ4n) is 0.815. The van der Waals surface area contributed by atoms with E-state index in [0.717, 1.165) is 19.3 Å². The number of esters is 1. The van der Waals surface area contributed by atoms with Crippen molar-refractivity contribution in [2.75, 3.05) is 6.61 Å². The average molecular weight is 183 g/mol. The molecule has 0 radical (unpaired) electrons. The normalized spacial score (nSPS) is 11.3. The second-order valence-electron chi connectivity index (χ2n) is 2.74. The van der Waals surface area contributed by atoms with Crippen molar-refractivity contribution in [1.82, 2.24) is 0 Å². The van der Waals surface area contributed by atoms with Crippen molar-refractivity contribution in [2.45, 2.75) is 39.2 Å². The molecule has 1 unspecified atom stereocenters. The van der Waals surface area contributed by atoms with Gasteiger partial charge in [-0.15, -0.1) is 0 Å². The minimum Gasteiger partial charge on any atom is -0.456 e. The van der Waals surface area contributed by atoms with E-state index in [4.69, 9.17) is 5.73 Å². The molecule has 0 saturated carbocycles. The third-order valence-electron chi connectivity index (χ3n) is 1.50. The Hall–Kier alpha value is -1.01. The molecule has 0 aliphatic rings. The molecule has 13 heavy (non-hydrogen) atoms. The average Bonchev–Trinajstić information content (AvgIpc) is 2.12. The Bertz CT molecular complexity index is 203. The number of carbonyl (C=O) groups is 1. The van der Waals surface area contributed by atoms with Crippen LogP contribution in [-0.4, -0.2) is 18.6 Å². The number of rotatable bonds is 4. The molecule has 0 aromatic rings. The fourth-order valence-corrected chi connectivity index (χ4v) is 0.815. The van der Waals surface area contributed by atoms with Gasteiger partial charge in [0.25, 0.3) is 0 Å². The van der Waals surface area contributed by atoms with Gasteiger partial charge in [0.15, 0.2) is 0 Å². The van der Waals surface area contributed by atoms with Gasteiger partial charge < -0.3 is 10.5 Å². The highest BCUT2D eigenvalue weighted by molar-refractivity contribution is 5.88. The van der Waals surface area contributed by atoms with Gasteiger partial charge in [0, 0.05) is 5.92 Å². The molecule has 3 heteroatoms. The van der Waals surface area contributed by atoms with Crippen molar-refractivity contribution >= 4 is 5.97 Å². The number of hydrogen-bond donors (Lipinski definition) is 1. The molecule has 74 valence electrons. The van der Waals surface area contributed by atoms with E-state index in [1.54, 1.807) is 6.92 Å². The molecule has 0 aliphatic heterocycles. The van der Waals surface area contributed by atoms with Crippen LogP contribution in [-0.2, 0) is 9.53 Å². The van der Waals surface area contributed by atoms with E-state index >= 15 is 0 Å². The molecule has 0 aromatic heterocycles. The Balaban J connectivity index is 3.73. The first-order valence-corrected chi connectivity index (χ1v) is 4.64. The van der Waals surface area contributed by atoms with Crippen molar-refractivity contribution in [3.05, 3.63) is 0 Å². The maximum absolute atomic E-state index is 10.8. The van der Waals surface area contributed by atoms with Crippen LogP contribution in [0.15, 0.2) is 0 Å². The number of unbranched alkanes of at least 4 members (excludes halogenated alkanes) is 1. The summed E-state index contributed by atoms with van der Waals surface area (Å²) in [6.45, 7) is 4.19. The van der Waals surface area contributed by atoms with Crippen LogP contribution in [0, 0.1) is 11.8 Å². The summed E-state index contributed by atoms with van der Waals surface area (Å²) in [5, 5.41) is 0. The lowest BCUT2D eigenvalue weighted by Gasteiger charge is -2.00. The molecule has 0 rings (SSSR count). The van der Waals surface area contributed by atoms with Crippen LogP contribution in [0.5, 0.6) is 0 Å². The fraction of sp³-hybridized carbons (Fsp3) is 0.700. The third kappa shape index (κ3) is 7.35. The zero-order valence-corrected chi connectivity index (χ0v) is 8.30. The van der Waals surface area contributed by atoms with E-state index in [-0.39, 0.29) is 6.04 Å². The first kappa shape index (κ1) is 12.0. The van der Waals surface area contributed by atoms with E-state index in [1.807, 2.05) is 0 Å². The molecule has 0 spiro atoms. The van der Waals surface area contributed by atoms with Crippen LogP contribution in [0.4, 0.5) is 0 Å². The lowest BCUT2D eigenvalue weighted by atomic mass is 10.1. The Morgan fingerprint density at radius 2 is 2.23 bits per heavy atom. The molecule has 0 aliphatic carbocycles. The molecule has 0 heterocycles. The molecular weight excluding hydrogens is 166 g/mol. The predicted molar refractivity (Wildman–Crippen MR) is 51.9 cm³/mol. The van der Waals surface area contributed by atoms with Gasteiger partial charge in [0.1, 0.15) is 0 Å². The van der Waals surface area contributed by atoms with Crippen LogP contribution in [0.25, 0.3) is 0 Å². The number of hydrogen-bond acceptors (Lipinski definition) is 3. The van der Waals surface area contributed by atoms with E-state index in [9.17, 15) is 4.79 Å². The van der Waals surface area contributed by atoms with Gasteiger partial charge in [-0.2, -0.15) is 0 Å². The summed E-state index contributed by atoms with van der Waals surface area (Å²) in [4.78, 5) is 10.8. The first-order chi connectivity index (χ1) is 6.20. The van der Waals surface area contributed by atoms with Crippen LogP contribution < -0.4 is 5.73 Å². The predicted octanol–water partition coefficient (Wildman–Crippen LogP) is 1.07. The number of carbonyl (C=O) groups excluding carboxylic acids is 1. The zero-order chi connectivity index (χ0) is 10.1. The molecule has 0 aromatic carbocycles. The van der Waals surface area contributed by atoms with Crippen molar-refractivity contribution in [1.29, 1.82) is 0 Å². The van der Waals surface area contributed by atoms with E-state index in [1.165, 1.54) is 0 Å². The maximum Gasteiger partial charge on any atom is 0.384 e. The minimum atomic E-state index is -0.491. The SMILES string of the molecule is CCCCC(N)C#CC(=O)OCC. The smallest absolute Gasteiger partial charge is 0.384 e. The molecule has 0 bridgehead atoms. The Kier molecular flexibility index (Phi) is 7.04. The lowest BCUT2D eigenvalue weighted by Crippen LogP contribution is -2.17. The van der Waals surface area contributed by atoms with Gasteiger partial charge in [0.05, 0.1) is 12.6 Å². The van der Waals surface area contributed by atoms with E-state index < -0.39 is 5.97 Å². The van der Waals surface area contributed by atoms with Crippen LogP contribution in [0.2, 0.25) is 0 Å². The molecule has 0 saturated heterocycles. The second-order valence-corrected chi connectivity index (χ2v) is 2.74. The molecule has 1 atom stereocenters. The summed E-state index contributed by atoms with van der Waals surface area (Å²) >= 11 is 0. The second kappa shape index (κ2) is 7.63. The van der Waals surface area contributed by atoms with E-state index in [2.05, 4.69) is 23.5 Å². The summed E-state index contributed by atoms with van der Waals surface area (Å²) in [5.41, 5.74) is 5.62. The van der Waals surface area contributed by atoms with Gasteiger partial charge in [-0.1, -0.05) is 25.7 Å².